The maximum atomic E-state index is 12.9. The van der Waals surface area contributed by atoms with Gasteiger partial charge in [0.15, 0.2) is 0 Å². The number of aryl methyl sites for hydroxylation is 1. The fourth-order valence-electron chi connectivity index (χ4n) is 2.54. The first-order chi connectivity index (χ1) is 14.2. The highest BCUT2D eigenvalue weighted by molar-refractivity contribution is 7.10. The Morgan fingerprint density at radius 1 is 1.23 bits per heavy atom. The lowest BCUT2D eigenvalue weighted by molar-refractivity contribution is -0.137. The van der Waals surface area contributed by atoms with Gasteiger partial charge in [-0.1, -0.05) is 23.7 Å². The highest BCUT2D eigenvalue weighted by atomic mass is 35.5. The van der Waals surface area contributed by atoms with E-state index in [9.17, 15) is 18.0 Å². The van der Waals surface area contributed by atoms with Gasteiger partial charge >= 0.3 is 6.18 Å². The van der Waals surface area contributed by atoms with Crippen molar-refractivity contribution in [3.63, 3.8) is 0 Å². The molecule has 1 aromatic heterocycles. The lowest BCUT2D eigenvalue weighted by atomic mass is 10.1. The molecule has 0 aliphatic heterocycles. The van der Waals surface area contributed by atoms with Crippen molar-refractivity contribution in [1.29, 1.82) is 0 Å². The van der Waals surface area contributed by atoms with Crippen LogP contribution in [0.15, 0.2) is 59.0 Å². The fraction of sp³-hybridized carbons (Fsp3) is 0.143. The van der Waals surface area contributed by atoms with Crippen LogP contribution < -0.4 is 10.2 Å². The Bertz CT molecular complexity index is 1080. The first-order valence-electron chi connectivity index (χ1n) is 8.69. The quantitative estimate of drug-likeness (QED) is 0.364. The molecule has 0 radical (unpaired) electrons. The maximum Gasteiger partial charge on any atom is 0.416 e. The molecular formula is C21H16ClF3N2O2S. The van der Waals surface area contributed by atoms with Gasteiger partial charge < -0.3 is 4.74 Å². The van der Waals surface area contributed by atoms with E-state index < -0.39 is 11.7 Å². The van der Waals surface area contributed by atoms with Gasteiger partial charge in [-0.2, -0.15) is 18.3 Å². The number of alkyl halides is 3. The molecule has 0 saturated heterocycles. The second-order valence-corrected chi connectivity index (χ2v) is 7.87. The van der Waals surface area contributed by atoms with Crippen molar-refractivity contribution in [2.24, 2.45) is 5.10 Å². The van der Waals surface area contributed by atoms with E-state index >= 15 is 0 Å². The number of hydrazone groups is 1. The van der Waals surface area contributed by atoms with Crippen LogP contribution in [0.3, 0.4) is 0 Å². The molecule has 0 aliphatic rings. The van der Waals surface area contributed by atoms with E-state index in [2.05, 4.69) is 10.5 Å². The van der Waals surface area contributed by atoms with Crippen LogP contribution in [0.2, 0.25) is 5.02 Å². The highest BCUT2D eigenvalue weighted by Gasteiger charge is 2.30. The number of benzene rings is 2. The molecule has 0 atom stereocenters. The third-order valence-corrected chi connectivity index (χ3v) is 5.08. The molecule has 4 nitrogen and oxygen atoms in total. The number of amides is 1. The summed E-state index contributed by atoms with van der Waals surface area (Å²) in [5.41, 5.74) is 3.01. The molecule has 0 aliphatic carbocycles. The summed E-state index contributed by atoms with van der Waals surface area (Å²) in [7, 11) is 0. The van der Waals surface area contributed by atoms with Gasteiger partial charge in [0.2, 0.25) is 0 Å². The predicted octanol–water partition coefficient (Wildman–Crippen LogP) is 6.07. The van der Waals surface area contributed by atoms with Crippen molar-refractivity contribution in [2.45, 2.75) is 19.7 Å². The molecule has 1 amide bonds. The normalized spacial score (nSPS) is 11.6. The van der Waals surface area contributed by atoms with Crippen molar-refractivity contribution in [1.82, 2.24) is 5.43 Å². The summed E-state index contributed by atoms with van der Waals surface area (Å²) >= 11 is 7.47. The zero-order chi connectivity index (χ0) is 21.7. The maximum absolute atomic E-state index is 12.9. The van der Waals surface area contributed by atoms with Crippen LogP contribution in [0.4, 0.5) is 13.2 Å². The molecule has 0 unspecified atom stereocenters. The SMILES string of the molecule is Cc1cc(C(=O)NN=Cc2cc(Cl)ccc2OCc2cccc(C(F)(F)F)c2)cs1. The van der Waals surface area contributed by atoms with E-state index in [1.54, 1.807) is 35.7 Å². The van der Waals surface area contributed by atoms with Crippen molar-refractivity contribution >= 4 is 35.1 Å². The summed E-state index contributed by atoms with van der Waals surface area (Å²) in [4.78, 5) is 13.1. The summed E-state index contributed by atoms with van der Waals surface area (Å²) in [5, 5.41) is 6.07. The second kappa shape index (κ2) is 9.32. The number of nitrogens with zero attached hydrogens (tertiary/aromatic N) is 1. The smallest absolute Gasteiger partial charge is 0.416 e. The number of thiophene rings is 1. The molecule has 3 aromatic rings. The van der Waals surface area contributed by atoms with E-state index in [1.165, 1.54) is 23.6 Å². The molecule has 0 spiro atoms. The minimum absolute atomic E-state index is 0.0765. The summed E-state index contributed by atoms with van der Waals surface area (Å²) < 4.78 is 44.2. The van der Waals surface area contributed by atoms with Crippen molar-refractivity contribution in [3.8, 4) is 5.75 Å². The van der Waals surface area contributed by atoms with Crippen molar-refractivity contribution < 1.29 is 22.7 Å². The van der Waals surface area contributed by atoms with Crippen molar-refractivity contribution in [3.05, 3.63) is 86.1 Å². The van der Waals surface area contributed by atoms with Gasteiger partial charge in [0.1, 0.15) is 12.4 Å². The van der Waals surface area contributed by atoms with Crippen LogP contribution in [0, 0.1) is 6.92 Å². The largest absolute Gasteiger partial charge is 0.488 e. The summed E-state index contributed by atoms with van der Waals surface area (Å²) in [6.07, 6.45) is -3.06. The van der Waals surface area contributed by atoms with Gasteiger partial charge in [-0.05, 0) is 48.9 Å². The Kier molecular flexibility index (Phi) is 6.79. The molecule has 2 aromatic carbocycles. The molecule has 156 valence electrons. The number of nitrogens with one attached hydrogen (secondary N) is 1. The fourth-order valence-corrected chi connectivity index (χ4v) is 3.40. The number of halogens is 4. The lowest BCUT2D eigenvalue weighted by Gasteiger charge is -2.12. The molecule has 1 heterocycles. The summed E-state index contributed by atoms with van der Waals surface area (Å²) in [6.45, 7) is 1.82. The average molecular weight is 453 g/mol. The number of rotatable bonds is 6. The number of carbonyl (C=O) groups is 1. The van der Waals surface area contributed by atoms with Gasteiger partial charge in [0.05, 0.1) is 17.3 Å². The third kappa shape index (κ3) is 5.84. The van der Waals surface area contributed by atoms with Crippen LogP contribution in [0.1, 0.15) is 31.9 Å². The average Bonchev–Trinajstić information content (AvgIpc) is 3.13. The van der Waals surface area contributed by atoms with E-state index in [1.807, 2.05) is 6.92 Å². The highest BCUT2D eigenvalue weighted by Crippen LogP contribution is 2.30. The zero-order valence-electron chi connectivity index (χ0n) is 15.7. The number of hydrogen-bond donors (Lipinski definition) is 1. The van der Waals surface area contributed by atoms with Crippen LogP contribution in [0.5, 0.6) is 5.75 Å². The number of hydrogen-bond acceptors (Lipinski definition) is 4. The van der Waals surface area contributed by atoms with Crippen molar-refractivity contribution in [2.75, 3.05) is 0 Å². The van der Waals surface area contributed by atoms with Crippen LogP contribution >= 0.6 is 22.9 Å². The Balaban J connectivity index is 1.70. The van der Waals surface area contributed by atoms with Gasteiger partial charge in [-0.25, -0.2) is 5.43 Å². The molecule has 9 heteroatoms. The minimum Gasteiger partial charge on any atom is -0.488 e. The van der Waals surface area contributed by atoms with E-state index in [0.29, 0.717) is 27.5 Å². The molecule has 0 bridgehead atoms. The van der Waals surface area contributed by atoms with Crippen LogP contribution in [0.25, 0.3) is 0 Å². The van der Waals surface area contributed by atoms with Gasteiger partial charge in [-0.15, -0.1) is 11.3 Å². The predicted molar refractivity (Wildman–Crippen MR) is 111 cm³/mol. The molecule has 0 fully saturated rings. The van der Waals surface area contributed by atoms with Crippen LogP contribution in [-0.2, 0) is 12.8 Å². The van der Waals surface area contributed by atoms with E-state index in [0.717, 1.165) is 17.0 Å². The summed E-state index contributed by atoms with van der Waals surface area (Å²) in [6, 6.07) is 11.4. The molecule has 1 N–H and O–H groups in total. The Morgan fingerprint density at radius 3 is 2.73 bits per heavy atom. The Hall–Kier alpha value is -2.84. The molecule has 0 saturated carbocycles. The molecule has 30 heavy (non-hydrogen) atoms. The van der Waals surface area contributed by atoms with Gasteiger partial charge in [0, 0.05) is 20.8 Å². The monoisotopic (exact) mass is 452 g/mol. The van der Waals surface area contributed by atoms with Gasteiger partial charge in [0.25, 0.3) is 5.91 Å². The lowest BCUT2D eigenvalue weighted by Crippen LogP contribution is -2.16. The van der Waals surface area contributed by atoms with Crippen LogP contribution in [-0.4, -0.2) is 12.1 Å². The summed E-state index contributed by atoms with van der Waals surface area (Å²) in [5.74, 6) is 0.00486. The minimum atomic E-state index is -4.42. The zero-order valence-corrected chi connectivity index (χ0v) is 17.2. The topological polar surface area (TPSA) is 50.7 Å². The first kappa shape index (κ1) is 21.9. The number of ether oxygens (including phenoxy) is 1. The van der Waals surface area contributed by atoms with Gasteiger partial charge in [-0.3, -0.25) is 4.79 Å². The van der Waals surface area contributed by atoms with E-state index in [4.69, 9.17) is 16.3 Å². The Labute approximate surface area is 180 Å². The first-order valence-corrected chi connectivity index (χ1v) is 9.95. The number of carbonyl (C=O) groups excluding carboxylic acids is 1. The molecular weight excluding hydrogens is 437 g/mol. The third-order valence-electron chi connectivity index (χ3n) is 3.98. The van der Waals surface area contributed by atoms with E-state index in [-0.39, 0.29) is 12.5 Å². The second-order valence-electron chi connectivity index (χ2n) is 6.31. The Morgan fingerprint density at radius 2 is 2.03 bits per heavy atom. The molecule has 3 rings (SSSR count). The standard InChI is InChI=1S/C21H16ClF3N2O2S/c1-13-7-16(12-30-13)20(28)27-26-10-15-9-18(22)5-6-19(15)29-11-14-3-2-4-17(8-14)21(23,24)25/h2-10,12H,11H2,1H3,(H,27,28).